The van der Waals surface area contributed by atoms with Crippen LogP contribution in [0.1, 0.15) is 125 Å². The van der Waals surface area contributed by atoms with Crippen molar-refractivity contribution in [3.05, 3.63) is 12.7 Å². The summed E-state index contributed by atoms with van der Waals surface area (Å²) in [4.78, 5) is 89.9. The maximum absolute atomic E-state index is 13.0. The third-order valence-corrected chi connectivity index (χ3v) is 22.1. The maximum atomic E-state index is 13.0. The maximum Gasteiger partial charge on any atom is 0.481 e. The zero-order valence-corrected chi connectivity index (χ0v) is 48.4. The fourth-order valence-corrected chi connectivity index (χ4v) is 17.3. The van der Waals surface area contributed by atoms with Crippen molar-refractivity contribution in [1.29, 1.82) is 0 Å². The fraction of sp³-hybridized carbons (Fsp3) is 0.833. The number of imidazole rings is 1. The van der Waals surface area contributed by atoms with Crippen LogP contribution in [0.2, 0.25) is 0 Å². The van der Waals surface area contributed by atoms with Gasteiger partial charge < -0.3 is 61.1 Å². The molecule has 7 rings (SSSR count). The first-order chi connectivity index (χ1) is 36.4. The number of fused-ring (bicyclic) bond motifs is 6. The number of phosphoric acid groups is 3. The van der Waals surface area contributed by atoms with Crippen molar-refractivity contribution in [3.8, 4) is 0 Å². The Hall–Kier alpha value is -2.52. The van der Waals surface area contributed by atoms with Crippen molar-refractivity contribution in [2.45, 2.75) is 161 Å². The monoisotopic (exact) mass is 1180 g/mol. The molecular formula is C48H80N7O19P3S. The van der Waals surface area contributed by atoms with Crippen LogP contribution >= 0.6 is 35.2 Å². The number of nitrogen functional groups attached to an aromatic ring is 1. The largest absolute Gasteiger partial charge is 0.481 e. The zero-order chi connectivity index (χ0) is 57.3. The van der Waals surface area contributed by atoms with E-state index in [9.17, 15) is 68.1 Å². The Labute approximate surface area is 457 Å². The number of carbonyl (C=O) groups is 3. The molecule has 30 heteroatoms. The second kappa shape index (κ2) is 25.1. The minimum absolute atomic E-state index is 0.0293. The molecule has 2 aromatic rings. The third-order valence-electron chi connectivity index (χ3n) is 17.9. The third kappa shape index (κ3) is 14.6. The van der Waals surface area contributed by atoms with Crippen LogP contribution in [0.5, 0.6) is 0 Å². The minimum Gasteiger partial charge on any atom is -0.393 e. The number of rotatable bonds is 25. The van der Waals surface area contributed by atoms with E-state index in [4.69, 9.17) is 19.5 Å². The van der Waals surface area contributed by atoms with Gasteiger partial charge in [-0.15, -0.1) is 0 Å². The van der Waals surface area contributed by atoms with Gasteiger partial charge in [0.2, 0.25) is 11.8 Å². The first-order valence-corrected chi connectivity index (χ1v) is 32.3. The van der Waals surface area contributed by atoms with Gasteiger partial charge in [-0.05, 0) is 104 Å². The number of phosphoric ester groups is 3. The van der Waals surface area contributed by atoms with Crippen LogP contribution in [0.3, 0.4) is 0 Å². The number of aliphatic hydroxyl groups excluding tert-OH is 4. The Kier molecular flexibility index (Phi) is 20.3. The highest BCUT2D eigenvalue weighted by Gasteiger charge is 2.63. The second-order valence-electron chi connectivity index (χ2n) is 23.5. The van der Waals surface area contributed by atoms with E-state index in [-0.39, 0.29) is 70.6 Å². The molecule has 1 saturated heterocycles. The summed E-state index contributed by atoms with van der Waals surface area (Å²) in [5.41, 5.74) is 4.67. The quantitative estimate of drug-likeness (QED) is 0.0492. The van der Waals surface area contributed by atoms with Crippen LogP contribution < -0.4 is 16.4 Å². The summed E-state index contributed by atoms with van der Waals surface area (Å²) in [6.07, 6.45) is 3.42. The van der Waals surface area contributed by atoms with Crippen molar-refractivity contribution < 1.29 is 90.7 Å². The van der Waals surface area contributed by atoms with Gasteiger partial charge in [-0.1, -0.05) is 66.1 Å². The lowest BCUT2D eigenvalue weighted by atomic mass is 9.43. The molecular weight excluding hydrogens is 1100 g/mol. The Morgan fingerprint density at radius 2 is 1.62 bits per heavy atom. The number of nitrogens with two attached hydrogens (primary N) is 1. The van der Waals surface area contributed by atoms with E-state index < -0.39 is 84.6 Å². The van der Waals surface area contributed by atoms with Crippen LogP contribution in [0.25, 0.3) is 11.2 Å². The molecule has 0 radical (unpaired) electrons. The number of ether oxygens (including phenoxy) is 1. The Bertz CT molecular complexity index is 2600. The lowest BCUT2D eigenvalue weighted by molar-refractivity contribution is -0.174. The molecule has 4 unspecified atom stereocenters. The number of aliphatic hydroxyl groups is 4. The van der Waals surface area contributed by atoms with Crippen LogP contribution in [-0.4, -0.2) is 145 Å². The Balaban J connectivity index is 0.764. The number of aromatic nitrogens is 4. The summed E-state index contributed by atoms with van der Waals surface area (Å²) in [5.74, 6) is 1.58. The number of nitrogens with one attached hydrogen (secondary N) is 2. The number of hydrogen-bond donors (Lipinski definition) is 11. The predicted molar refractivity (Wildman–Crippen MR) is 282 cm³/mol. The van der Waals surface area contributed by atoms with E-state index in [1.807, 2.05) is 6.92 Å². The molecule has 2 aromatic heterocycles. The van der Waals surface area contributed by atoms with Gasteiger partial charge in [-0.2, -0.15) is 4.31 Å². The standard InChI is InChI=1S/C48H80N7O19P3S/c1-26(30-10-11-31-36-32(13-16-48(30,31)6)47(5)15-12-29(56)20-28(47)21-33(36)57)8-7-9-27(2)45(62)78-19-18-50-35(58)14-17-51-43(61)40(60)46(3,4)23-71-77(68,69)74-76(66,67)70-22-34-39(73-75(63,64)65)38(59)44(72-34)55-25-54-37-41(49)52-24-53-42(37)55/h24-34,36,38-40,44,56-57,59-60H,7-23H2,1-6H3,(H,50,58)(H,51,61)(H,66,67)(H,68,69)(H2,49,52,53)(H2,63,64,65)/t26-,27-,28+,29-,30-,31+,32?,33-,34-,36+,38-,39-,40+,44-,47+,48?/m1/s1. The highest BCUT2D eigenvalue weighted by Crippen LogP contribution is 2.68. The van der Waals surface area contributed by atoms with E-state index in [2.05, 4.69) is 55.2 Å². The van der Waals surface area contributed by atoms with E-state index in [1.165, 1.54) is 26.7 Å². The molecule has 442 valence electrons. The Morgan fingerprint density at radius 1 is 0.923 bits per heavy atom. The molecule has 78 heavy (non-hydrogen) atoms. The van der Waals surface area contributed by atoms with Gasteiger partial charge in [0, 0.05) is 36.6 Å². The zero-order valence-electron chi connectivity index (χ0n) is 44.9. The lowest BCUT2D eigenvalue weighted by Gasteiger charge is -2.62. The second-order valence-corrected chi connectivity index (χ2v) is 28.8. The first-order valence-electron chi connectivity index (χ1n) is 26.8. The van der Waals surface area contributed by atoms with Crippen molar-refractivity contribution in [2.75, 3.05) is 37.8 Å². The van der Waals surface area contributed by atoms with Crippen molar-refractivity contribution in [3.63, 3.8) is 0 Å². The average Bonchev–Trinajstić information content (AvgIpc) is 4.18. The molecule has 5 fully saturated rings. The molecule has 0 spiro atoms. The predicted octanol–water partition coefficient (Wildman–Crippen LogP) is 4.10. The summed E-state index contributed by atoms with van der Waals surface area (Å²) in [5, 5.41) is 48.9. The van der Waals surface area contributed by atoms with Crippen molar-refractivity contribution in [1.82, 2.24) is 30.2 Å². The number of anilines is 1. The van der Waals surface area contributed by atoms with Gasteiger partial charge in [0.1, 0.15) is 36.3 Å². The van der Waals surface area contributed by atoms with Gasteiger partial charge in [0.15, 0.2) is 22.8 Å². The topological polar surface area (TPSA) is 404 Å². The van der Waals surface area contributed by atoms with E-state index in [1.54, 1.807) is 0 Å². The lowest BCUT2D eigenvalue weighted by Crippen LogP contribution is -2.58. The molecule has 5 aliphatic rings. The molecule has 26 nitrogen and oxygen atoms in total. The average molecular weight is 1180 g/mol. The SMILES string of the molecule is C[C@H](CCC[C@@H](C)[C@H]1CC[C@H]2[C@H]3C(CCC12C)[C@@]1(C)CC[C@@H](O)C[C@H]1C[C@H]3O)C(=O)SCCNC(=O)CCNC(=O)[C@H](O)C(C)(C)COP(=O)(O)OP(=O)(O)OC[C@H]1O[C@@H](n2cnc3c(N)ncnc32)[C@H](O)[C@@H]1OP(=O)(O)O. The molecule has 0 bridgehead atoms. The van der Waals surface area contributed by atoms with Crippen LogP contribution in [0, 0.1) is 57.7 Å². The summed E-state index contributed by atoms with van der Waals surface area (Å²) in [6.45, 7) is 9.72. The fourth-order valence-electron chi connectivity index (χ4n) is 13.7. The smallest absolute Gasteiger partial charge is 0.393 e. The highest BCUT2D eigenvalue weighted by molar-refractivity contribution is 8.13. The van der Waals surface area contributed by atoms with Crippen molar-refractivity contribution >= 4 is 69.1 Å². The highest BCUT2D eigenvalue weighted by atomic mass is 32.2. The van der Waals surface area contributed by atoms with Crippen LogP contribution in [0.15, 0.2) is 12.7 Å². The number of thioether (sulfide) groups is 1. The van der Waals surface area contributed by atoms with Crippen LogP contribution in [-0.2, 0) is 50.7 Å². The van der Waals surface area contributed by atoms with Crippen LogP contribution in [0.4, 0.5) is 5.82 Å². The summed E-state index contributed by atoms with van der Waals surface area (Å²) in [6, 6.07) is 0. The van der Waals surface area contributed by atoms with Gasteiger partial charge in [0.25, 0.3) is 0 Å². The molecule has 1 aliphatic heterocycles. The summed E-state index contributed by atoms with van der Waals surface area (Å²) < 4.78 is 62.8. The Morgan fingerprint density at radius 3 is 2.33 bits per heavy atom. The molecule has 18 atom stereocenters. The van der Waals surface area contributed by atoms with Crippen molar-refractivity contribution in [2.24, 2.45) is 57.7 Å². The molecule has 4 aliphatic carbocycles. The number of carbonyl (C=O) groups excluding carboxylic acids is 3. The number of hydrogen-bond acceptors (Lipinski definition) is 20. The number of amides is 2. The molecule has 12 N–H and O–H groups in total. The molecule has 4 saturated carbocycles. The normalized spacial score (nSPS) is 33.9. The van der Waals surface area contributed by atoms with Gasteiger partial charge >= 0.3 is 23.5 Å². The summed E-state index contributed by atoms with van der Waals surface area (Å²) >= 11 is 1.16. The summed E-state index contributed by atoms with van der Waals surface area (Å²) in [7, 11) is -16.5. The molecule has 2 amide bonds. The van der Waals surface area contributed by atoms with E-state index >= 15 is 0 Å². The van der Waals surface area contributed by atoms with Gasteiger partial charge in [0.05, 0.1) is 31.7 Å². The first kappa shape index (κ1) is 63.1. The van der Waals surface area contributed by atoms with Gasteiger partial charge in [-0.25, -0.2) is 28.6 Å². The van der Waals surface area contributed by atoms with E-state index in [0.29, 0.717) is 41.3 Å². The number of nitrogens with zero attached hydrogens (tertiary/aromatic N) is 4. The minimum atomic E-state index is -5.60. The molecule has 0 aromatic carbocycles. The van der Waals surface area contributed by atoms with E-state index in [0.717, 1.165) is 86.8 Å². The van der Waals surface area contributed by atoms with Gasteiger partial charge in [-0.3, -0.25) is 32.5 Å². The molecule has 3 heterocycles.